The predicted octanol–water partition coefficient (Wildman–Crippen LogP) is 3.96. The van der Waals surface area contributed by atoms with E-state index in [1.165, 1.54) is 30.3 Å². The summed E-state index contributed by atoms with van der Waals surface area (Å²) >= 11 is 0. The minimum Gasteiger partial charge on any atom is -0.361 e. The van der Waals surface area contributed by atoms with Crippen LogP contribution in [0.4, 0.5) is 4.79 Å². The van der Waals surface area contributed by atoms with E-state index >= 15 is 0 Å². The number of piperidine rings is 1. The number of fused-ring (bicyclic) bond motifs is 1. The molecule has 2 N–H and O–H groups in total. The zero-order valence-corrected chi connectivity index (χ0v) is 16.1. The first-order valence-electron chi connectivity index (χ1n) is 10.0. The summed E-state index contributed by atoms with van der Waals surface area (Å²) in [5, 5.41) is 4.45. The minimum absolute atomic E-state index is 0.0636. The number of aromatic nitrogens is 1. The number of hydrogen-bond donors (Lipinski definition) is 2. The van der Waals surface area contributed by atoms with Gasteiger partial charge in [-0.25, -0.2) is 4.79 Å². The largest absolute Gasteiger partial charge is 0.361 e. The topological polar surface area (TPSA) is 51.4 Å². The van der Waals surface area contributed by atoms with Gasteiger partial charge < -0.3 is 20.1 Å². The molecule has 1 aromatic heterocycles. The summed E-state index contributed by atoms with van der Waals surface area (Å²) < 4.78 is 0. The summed E-state index contributed by atoms with van der Waals surface area (Å²) in [5.41, 5.74) is 2.31. The Kier molecular flexibility index (Phi) is 6.56. The van der Waals surface area contributed by atoms with E-state index in [4.69, 9.17) is 0 Å². The highest BCUT2D eigenvalue weighted by molar-refractivity contribution is 5.80. The molecule has 1 aliphatic heterocycles. The molecule has 0 unspecified atom stereocenters. The van der Waals surface area contributed by atoms with Gasteiger partial charge in [0.2, 0.25) is 0 Å². The van der Waals surface area contributed by atoms with Crippen molar-refractivity contribution in [1.29, 1.82) is 0 Å². The molecule has 142 valence electrons. The first kappa shape index (κ1) is 18.8. The van der Waals surface area contributed by atoms with Crippen LogP contribution in [-0.4, -0.2) is 53.0 Å². The fourth-order valence-electron chi connectivity index (χ4n) is 3.70. The number of carbonyl (C=O) groups is 1. The van der Waals surface area contributed by atoms with Gasteiger partial charge >= 0.3 is 6.03 Å². The van der Waals surface area contributed by atoms with Crippen LogP contribution in [0.3, 0.4) is 0 Å². The van der Waals surface area contributed by atoms with Crippen molar-refractivity contribution in [3.8, 4) is 0 Å². The Morgan fingerprint density at radius 3 is 2.81 bits per heavy atom. The number of nitrogens with one attached hydrogen (secondary N) is 2. The maximum atomic E-state index is 12.7. The molecular weight excluding hydrogens is 324 g/mol. The SMILES string of the molecule is CCCCN1CCC(NC(=O)N(CC)Cc2ccc3[nH]ccc3c2)CC1. The molecule has 2 heterocycles. The Bertz CT molecular complexity index is 703. The molecule has 5 nitrogen and oxygen atoms in total. The van der Waals surface area contributed by atoms with Gasteiger partial charge in [0, 0.05) is 43.9 Å². The summed E-state index contributed by atoms with van der Waals surface area (Å²) in [6.07, 6.45) is 6.58. The maximum Gasteiger partial charge on any atom is 0.317 e. The summed E-state index contributed by atoms with van der Waals surface area (Å²) in [6.45, 7) is 9.04. The van der Waals surface area contributed by atoms with Gasteiger partial charge in [0.1, 0.15) is 0 Å². The summed E-state index contributed by atoms with van der Waals surface area (Å²) in [5.74, 6) is 0. The quantitative estimate of drug-likeness (QED) is 0.789. The lowest BCUT2D eigenvalue weighted by molar-refractivity contribution is 0.171. The van der Waals surface area contributed by atoms with Crippen LogP contribution in [0.15, 0.2) is 30.5 Å². The van der Waals surface area contributed by atoms with E-state index in [2.05, 4.69) is 46.4 Å². The number of likely N-dealkylation sites (tertiary alicyclic amines) is 1. The second-order valence-corrected chi connectivity index (χ2v) is 7.33. The first-order chi connectivity index (χ1) is 12.7. The molecule has 0 atom stereocenters. The van der Waals surface area contributed by atoms with E-state index in [0.29, 0.717) is 19.1 Å². The zero-order valence-electron chi connectivity index (χ0n) is 16.1. The smallest absolute Gasteiger partial charge is 0.317 e. The van der Waals surface area contributed by atoms with Crippen LogP contribution >= 0.6 is 0 Å². The minimum atomic E-state index is 0.0636. The van der Waals surface area contributed by atoms with Gasteiger partial charge in [-0.05, 0) is 61.9 Å². The number of urea groups is 1. The van der Waals surface area contributed by atoms with Crippen LogP contribution < -0.4 is 5.32 Å². The van der Waals surface area contributed by atoms with Crippen LogP contribution in [0.1, 0.15) is 45.1 Å². The molecule has 1 saturated heterocycles. The zero-order chi connectivity index (χ0) is 18.4. The fraction of sp³-hybridized carbons (Fsp3) is 0.571. The number of H-pyrrole nitrogens is 1. The van der Waals surface area contributed by atoms with Crippen molar-refractivity contribution in [2.24, 2.45) is 0 Å². The number of carbonyl (C=O) groups excluding carboxylic acids is 1. The molecule has 1 fully saturated rings. The highest BCUT2D eigenvalue weighted by atomic mass is 16.2. The van der Waals surface area contributed by atoms with Crippen molar-refractivity contribution in [2.45, 2.75) is 52.1 Å². The van der Waals surface area contributed by atoms with E-state index in [-0.39, 0.29) is 6.03 Å². The van der Waals surface area contributed by atoms with Gasteiger partial charge in [0.25, 0.3) is 0 Å². The molecule has 3 rings (SSSR count). The summed E-state index contributed by atoms with van der Waals surface area (Å²) in [7, 11) is 0. The summed E-state index contributed by atoms with van der Waals surface area (Å²) in [6, 6.07) is 8.79. The molecule has 1 aromatic carbocycles. The Morgan fingerprint density at radius 1 is 1.27 bits per heavy atom. The molecule has 2 amide bonds. The molecular formula is C21H32N4O. The number of amides is 2. The highest BCUT2D eigenvalue weighted by Gasteiger charge is 2.22. The average Bonchev–Trinajstić information content (AvgIpc) is 3.13. The monoisotopic (exact) mass is 356 g/mol. The second-order valence-electron chi connectivity index (χ2n) is 7.33. The Labute approximate surface area is 156 Å². The van der Waals surface area contributed by atoms with E-state index in [9.17, 15) is 4.79 Å². The molecule has 0 aliphatic carbocycles. The van der Waals surface area contributed by atoms with Crippen molar-refractivity contribution >= 4 is 16.9 Å². The van der Waals surface area contributed by atoms with Crippen molar-refractivity contribution in [2.75, 3.05) is 26.2 Å². The number of rotatable bonds is 7. The van der Waals surface area contributed by atoms with Gasteiger partial charge in [-0.15, -0.1) is 0 Å². The van der Waals surface area contributed by atoms with Crippen molar-refractivity contribution in [1.82, 2.24) is 20.1 Å². The Balaban J connectivity index is 1.51. The molecule has 0 bridgehead atoms. The summed E-state index contributed by atoms with van der Waals surface area (Å²) in [4.78, 5) is 20.3. The lowest BCUT2D eigenvalue weighted by Crippen LogP contribution is -2.49. The predicted molar refractivity (Wildman–Crippen MR) is 107 cm³/mol. The van der Waals surface area contributed by atoms with Gasteiger partial charge in [-0.1, -0.05) is 19.4 Å². The lowest BCUT2D eigenvalue weighted by Gasteiger charge is -2.33. The average molecular weight is 357 g/mol. The number of aromatic amines is 1. The number of hydrogen-bond acceptors (Lipinski definition) is 2. The van der Waals surface area contributed by atoms with Crippen molar-refractivity contribution < 1.29 is 4.79 Å². The fourth-order valence-corrected chi connectivity index (χ4v) is 3.70. The van der Waals surface area contributed by atoms with Crippen molar-refractivity contribution in [3.05, 3.63) is 36.0 Å². The Morgan fingerprint density at radius 2 is 2.08 bits per heavy atom. The van der Waals surface area contributed by atoms with E-state index < -0.39 is 0 Å². The number of nitrogens with zero attached hydrogens (tertiary/aromatic N) is 2. The van der Waals surface area contributed by atoms with Gasteiger partial charge in [0.15, 0.2) is 0 Å². The van der Waals surface area contributed by atoms with Gasteiger partial charge in [-0.3, -0.25) is 0 Å². The van der Waals surface area contributed by atoms with Crippen LogP contribution in [0, 0.1) is 0 Å². The van der Waals surface area contributed by atoms with Crippen LogP contribution in [-0.2, 0) is 6.54 Å². The highest BCUT2D eigenvalue weighted by Crippen LogP contribution is 2.16. The molecule has 2 aromatic rings. The molecule has 0 radical (unpaired) electrons. The molecule has 0 spiro atoms. The van der Waals surface area contributed by atoms with Crippen molar-refractivity contribution in [3.63, 3.8) is 0 Å². The van der Waals surface area contributed by atoms with Crippen LogP contribution in [0.25, 0.3) is 10.9 Å². The standard InChI is InChI=1S/C21H32N4O/c1-3-5-12-24-13-9-19(10-14-24)23-21(26)25(4-2)16-17-6-7-20-18(15-17)8-11-22-20/h6-8,11,15,19,22H,3-5,9-10,12-14,16H2,1-2H3,(H,23,26). The molecule has 1 aliphatic rings. The van der Waals surface area contributed by atoms with E-state index in [0.717, 1.165) is 31.4 Å². The Hall–Kier alpha value is -2.01. The normalized spacial score (nSPS) is 16.1. The lowest BCUT2D eigenvalue weighted by atomic mass is 10.0. The number of unbranched alkanes of at least 4 members (excludes halogenated alkanes) is 1. The third-order valence-electron chi connectivity index (χ3n) is 5.40. The molecule has 0 saturated carbocycles. The first-order valence-corrected chi connectivity index (χ1v) is 10.0. The third kappa shape index (κ3) is 4.79. The molecule has 5 heteroatoms. The molecule has 26 heavy (non-hydrogen) atoms. The van der Waals surface area contributed by atoms with Gasteiger partial charge in [0.05, 0.1) is 0 Å². The van der Waals surface area contributed by atoms with E-state index in [1.54, 1.807) is 0 Å². The third-order valence-corrected chi connectivity index (χ3v) is 5.40. The van der Waals surface area contributed by atoms with Gasteiger partial charge in [-0.2, -0.15) is 0 Å². The van der Waals surface area contributed by atoms with Crippen LogP contribution in [0.5, 0.6) is 0 Å². The maximum absolute atomic E-state index is 12.7. The second kappa shape index (κ2) is 9.08. The van der Waals surface area contributed by atoms with Crippen LogP contribution in [0.2, 0.25) is 0 Å². The number of benzene rings is 1. The van der Waals surface area contributed by atoms with E-state index in [1.807, 2.05) is 18.0 Å².